The number of fused-ring (bicyclic) bond motifs is 2. The van der Waals surface area contributed by atoms with Crippen molar-refractivity contribution in [3.05, 3.63) is 69.2 Å². The molecular weight excluding hydrogens is 394 g/mol. The van der Waals surface area contributed by atoms with Crippen LogP contribution in [-0.2, 0) is 17.8 Å². The Kier molecular flexibility index (Phi) is 4.59. The van der Waals surface area contributed by atoms with Crippen LogP contribution in [0.4, 0.5) is 5.69 Å². The van der Waals surface area contributed by atoms with E-state index < -0.39 is 0 Å². The second-order valence-corrected chi connectivity index (χ2v) is 7.35. The lowest BCUT2D eigenvalue weighted by Crippen LogP contribution is -2.36. The summed E-state index contributed by atoms with van der Waals surface area (Å²) in [6.45, 7) is 1.06. The van der Waals surface area contributed by atoms with Gasteiger partial charge in [0.2, 0.25) is 5.91 Å². The molecule has 132 valence electrons. The Hall–Kier alpha value is -2.47. The highest BCUT2D eigenvalue weighted by Crippen LogP contribution is 2.27. The SMILES string of the molecule is O=C(CCn1cnc2ccc(Br)cc2c1=O)N1CCCc2ccccc21. The molecule has 0 bridgehead atoms. The minimum Gasteiger partial charge on any atom is -0.312 e. The lowest BCUT2D eigenvalue weighted by molar-refractivity contribution is -0.118. The molecule has 0 N–H and O–H groups in total. The van der Waals surface area contributed by atoms with Crippen LogP contribution < -0.4 is 10.5 Å². The Morgan fingerprint density at radius 2 is 2.04 bits per heavy atom. The molecule has 1 aliphatic rings. The molecule has 4 rings (SSSR count). The zero-order valence-corrected chi connectivity index (χ0v) is 15.8. The maximum Gasteiger partial charge on any atom is 0.261 e. The van der Waals surface area contributed by atoms with Gasteiger partial charge in [-0.05, 0) is 42.7 Å². The Morgan fingerprint density at radius 3 is 2.92 bits per heavy atom. The highest BCUT2D eigenvalue weighted by Gasteiger charge is 2.21. The maximum atomic E-state index is 12.7. The zero-order chi connectivity index (χ0) is 18.1. The monoisotopic (exact) mass is 411 g/mol. The molecule has 1 aromatic heterocycles. The zero-order valence-electron chi connectivity index (χ0n) is 14.2. The number of rotatable bonds is 3. The highest BCUT2D eigenvalue weighted by atomic mass is 79.9. The summed E-state index contributed by atoms with van der Waals surface area (Å²) in [7, 11) is 0. The number of halogens is 1. The van der Waals surface area contributed by atoms with E-state index in [1.165, 1.54) is 16.5 Å². The van der Waals surface area contributed by atoms with Gasteiger partial charge in [-0.2, -0.15) is 0 Å². The fraction of sp³-hybridized carbons (Fsp3) is 0.250. The Labute approximate surface area is 159 Å². The molecule has 0 aliphatic carbocycles. The Bertz CT molecular complexity index is 1040. The average molecular weight is 412 g/mol. The van der Waals surface area contributed by atoms with Gasteiger partial charge in [0.15, 0.2) is 0 Å². The van der Waals surface area contributed by atoms with Gasteiger partial charge >= 0.3 is 0 Å². The second-order valence-electron chi connectivity index (χ2n) is 6.43. The average Bonchev–Trinajstić information content (AvgIpc) is 2.67. The van der Waals surface area contributed by atoms with E-state index in [0.717, 1.165) is 29.5 Å². The predicted molar refractivity (Wildman–Crippen MR) is 105 cm³/mol. The number of para-hydroxylation sites is 1. The van der Waals surface area contributed by atoms with Crippen LogP contribution in [-0.4, -0.2) is 22.0 Å². The minimum atomic E-state index is -0.122. The largest absolute Gasteiger partial charge is 0.312 e. The normalized spacial score (nSPS) is 13.7. The van der Waals surface area contributed by atoms with Crippen LogP contribution in [0.15, 0.2) is 58.1 Å². The minimum absolute atomic E-state index is 0.0402. The van der Waals surface area contributed by atoms with Gasteiger partial charge in [0.1, 0.15) is 0 Å². The molecule has 0 saturated carbocycles. The van der Waals surface area contributed by atoms with Gasteiger partial charge < -0.3 is 4.90 Å². The quantitative estimate of drug-likeness (QED) is 0.662. The van der Waals surface area contributed by atoms with Gasteiger partial charge in [-0.1, -0.05) is 34.1 Å². The molecule has 1 amide bonds. The molecule has 2 heterocycles. The standard InChI is InChI=1S/C20H18BrN3O2/c21-15-7-8-17-16(12-15)20(26)23(13-22-17)11-9-19(25)24-10-3-5-14-4-1-2-6-18(14)24/h1-2,4,6-8,12-13H,3,5,9-11H2. The lowest BCUT2D eigenvalue weighted by Gasteiger charge is -2.29. The summed E-state index contributed by atoms with van der Waals surface area (Å²) in [6, 6.07) is 13.5. The first-order chi connectivity index (χ1) is 12.6. The predicted octanol–water partition coefficient (Wildman–Crippen LogP) is 3.53. The first kappa shape index (κ1) is 17.0. The maximum absolute atomic E-state index is 12.7. The summed E-state index contributed by atoms with van der Waals surface area (Å²) in [5, 5.41) is 0.553. The summed E-state index contributed by atoms with van der Waals surface area (Å²) in [5.74, 6) is 0.0402. The van der Waals surface area contributed by atoms with Crippen molar-refractivity contribution in [2.45, 2.75) is 25.8 Å². The third kappa shape index (κ3) is 3.17. The van der Waals surface area contributed by atoms with E-state index in [9.17, 15) is 9.59 Å². The number of carbonyl (C=O) groups is 1. The number of hydrogen-bond acceptors (Lipinski definition) is 3. The van der Waals surface area contributed by atoms with E-state index in [4.69, 9.17) is 0 Å². The first-order valence-corrected chi connectivity index (χ1v) is 9.46. The van der Waals surface area contributed by atoms with Crippen LogP contribution in [0.5, 0.6) is 0 Å². The van der Waals surface area contributed by atoms with Crippen molar-refractivity contribution < 1.29 is 4.79 Å². The van der Waals surface area contributed by atoms with E-state index >= 15 is 0 Å². The molecule has 0 radical (unpaired) electrons. The van der Waals surface area contributed by atoms with Crippen LogP contribution in [0, 0.1) is 0 Å². The van der Waals surface area contributed by atoms with E-state index in [2.05, 4.69) is 27.0 Å². The molecule has 3 aromatic rings. The van der Waals surface area contributed by atoms with Crippen LogP contribution in [0.25, 0.3) is 10.9 Å². The van der Waals surface area contributed by atoms with Crippen LogP contribution in [0.3, 0.4) is 0 Å². The number of amides is 1. The molecule has 2 aromatic carbocycles. The summed E-state index contributed by atoms with van der Waals surface area (Å²) >= 11 is 3.38. The molecule has 0 spiro atoms. The van der Waals surface area contributed by atoms with E-state index in [0.29, 0.717) is 17.4 Å². The molecule has 0 saturated heterocycles. The number of aryl methyl sites for hydroxylation is 2. The fourth-order valence-electron chi connectivity index (χ4n) is 3.43. The molecule has 5 nitrogen and oxygen atoms in total. The van der Waals surface area contributed by atoms with Gasteiger partial charge in [0.25, 0.3) is 5.56 Å². The van der Waals surface area contributed by atoms with Crippen molar-refractivity contribution in [1.29, 1.82) is 0 Å². The summed E-state index contributed by atoms with van der Waals surface area (Å²) in [4.78, 5) is 31.6. The molecule has 0 unspecified atom stereocenters. The lowest BCUT2D eigenvalue weighted by atomic mass is 10.0. The van der Waals surface area contributed by atoms with Crippen LogP contribution >= 0.6 is 15.9 Å². The van der Waals surface area contributed by atoms with E-state index in [-0.39, 0.29) is 17.9 Å². The van der Waals surface area contributed by atoms with Crippen LogP contribution in [0.1, 0.15) is 18.4 Å². The van der Waals surface area contributed by atoms with E-state index in [1.54, 1.807) is 12.1 Å². The number of aromatic nitrogens is 2. The van der Waals surface area contributed by atoms with Gasteiger partial charge in [-0.15, -0.1) is 0 Å². The highest BCUT2D eigenvalue weighted by molar-refractivity contribution is 9.10. The number of hydrogen-bond donors (Lipinski definition) is 0. The topological polar surface area (TPSA) is 55.2 Å². The van der Waals surface area contributed by atoms with Crippen LogP contribution in [0.2, 0.25) is 0 Å². The van der Waals surface area contributed by atoms with Gasteiger partial charge in [-0.25, -0.2) is 4.98 Å². The van der Waals surface area contributed by atoms with Crippen molar-refractivity contribution in [3.8, 4) is 0 Å². The molecule has 6 heteroatoms. The fourth-order valence-corrected chi connectivity index (χ4v) is 3.80. The Morgan fingerprint density at radius 1 is 1.19 bits per heavy atom. The van der Waals surface area contributed by atoms with Gasteiger partial charge in [-0.3, -0.25) is 14.2 Å². The Balaban J connectivity index is 1.55. The summed E-state index contributed by atoms with van der Waals surface area (Å²) < 4.78 is 2.35. The number of carbonyl (C=O) groups excluding carboxylic acids is 1. The van der Waals surface area contributed by atoms with E-state index in [1.807, 2.05) is 29.2 Å². The third-order valence-electron chi connectivity index (χ3n) is 4.76. The smallest absolute Gasteiger partial charge is 0.261 e. The van der Waals surface area contributed by atoms with Gasteiger partial charge in [0, 0.05) is 29.7 Å². The number of benzene rings is 2. The van der Waals surface area contributed by atoms with Crippen molar-refractivity contribution in [2.24, 2.45) is 0 Å². The molecular formula is C20H18BrN3O2. The van der Waals surface area contributed by atoms with Crippen molar-refractivity contribution in [1.82, 2.24) is 9.55 Å². The van der Waals surface area contributed by atoms with Crippen molar-refractivity contribution in [2.75, 3.05) is 11.4 Å². The van der Waals surface area contributed by atoms with Crippen molar-refractivity contribution in [3.63, 3.8) is 0 Å². The molecule has 0 atom stereocenters. The molecule has 26 heavy (non-hydrogen) atoms. The first-order valence-electron chi connectivity index (χ1n) is 8.66. The molecule has 0 fully saturated rings. The van der Waals surface area contributed by atoms with Gasteiger partial charge in [0.05, 0.1) is 17.2 Å². The third-order valence-corrected chi connectivity index (χ3v) is 5.26. The summed E-state index contributed by atoms with van der Waals surface area (Å²) in [6.07, 6.45) is 3.77. The number of anilines is 1. The molecule has 1 aliphatic heterocycles. The summed E-state index contributed by atoms with van der Waals surface area (Å²) in [5.41, 5.74) is 2.74. The van der Waals surface area contributed by atoms with Crippen molar-refractivity contribution >= 4 is 38.4 Å². The second kappa shape index (κ2) is 7.03. The number of nitrogens with zero attached hydrogens (tertiary/aromatic N) is 3.